The minimum absolute atomic E-state index is 0.0767. The number of rotatable bonds is 10. The quantitative estimate of drug-likeness (QED) is 0.464. The Balaban J connectivity index is 1.85. The lowest BCUT2D eigenvalue weighted by atomic mass is 10.2. The summed E-state index contributed by atoms with van der Waals surface area (Å²) in [5, 5.41) is 22.9. The molecule has 2 N–H and O–H groups in total. The van der Waals surface area contributed by atoms with Gasteiger partial charge in [-0.25, -0.2) is 0 Å². The van der Waals surface area contributed by atoms with E-state index < -0.39 is 20.5 Å². The summed E-state index contributed by atoms with van der Waals surface area (Å²) in [6.45, 7) is 6.71. The monoisotopic (exact) mass is 450 g/mol. The van der Waals surface area contributed by atoms with E-state index in [1.165, 1.54) is 0 Å². The second-order valence-corrected chi connectivity index (χ2v) is 13.4. The Labute approximate surface area is 192 Å². The molecule has 0 saturated carbocycles. The van der Waals surface area contributed by atoms with Gasteiger partial charge in [0.25, 0.3) is 8.32 Å². The van der Waals surface area contributed by atoms with Crippen LogP contribution in [0.2, 0.25) is 5.04 Å². The minimum atomic E-state index is -2.75. The Morgan fingerprint density at radius 1 is 0.781 bits per heavy atom. The molecule has 170 valence electrons. The predicted molar refractivity (Wildman–Crippen MR) is 132 cm³/mol. The molecule has 3 aromatic carbocycles. The molecule has 0 aliphatic rings. The molecule has 5 heteroatoms. The average molecular weight is 451 g/mol. The molecule has 0 aromatic heterocycles. The number of aliphatic hydroxyl groups excluding tert-OH is 2. The van der Waals surface area contributed by atoms with E-state index in [0.29, 0.717) is 6.61 Å². The van der Waals surface area contributed by atoms with Gasteiger partial charge in [0.05, 0.1) is 19.8 Å². The Bertz CT molecular complexity index is 887. The molecule has 4 nitrogen and oxygen atoms in total. The highest BCUT2D eigenvalue weighted by Gasteiger charge is 2.50. The van der Waals surface area contributed by atoms with E-state index in [1.807, 2.05) is 66.7 Å². The fourth-order valence-electron chi connectivity index (χ4n) is 4.14. The van der Waals surface area contributed by atoms with Gasteiger partial charge in [0.15, 0.2) is 0 Å². The summed E-state index contributed by atoms with van der Waals surface area (Å²) in [6, 6.07) is 30.3. The van der Waals surface area contributed by atoms with Crippen LogP contribution < -0.4 is 10.4 Å². The lowest BCUT2D eigenvalue weighted by molar-refractivity contribution is -0.0839. The van der Waals surface area contributed by atoms with E-state index in [4.69, 9.17) is 9.16 Å². The van der Waals surface area contributed by atoms with Gasteiger partial charge in [0, 0.05) is 0 Å². The average Bonchev–Trinajstić information content (AvgIpc) is 2.81. The maximum Gasteiger partial charge on any atom is 0.261 e. The van der Waals surface area contributed by atoms with E-state index in [9.17, 15) is 10.2 Å². The van der Waals surface area contributed by atoms with Gasteiger partial charge in [-0.15, -0.1) is 0 Å². The molecule has 0 saturated heterocycles. The van der Waals surface area contributed by atoms with Crippen LogP contribution in [-0.4, -0.2) is 44.0 Å². The molecule has 0 heterocycles. The third-order valence-corrected chi connectivity index (χ3v) is 10.8. The third kappa shape index (κ3) is 5.55. The maximum atomic E-state index is 10.9. The van der Waals surface area contributed by atoms with Gasteiger partial charge in [-0.05, 0) is 21.0 Å². The van der Waals surface area contributed by atoms with E-state index in [-0.39, 0.29) is 18.3 Å². The highest BCUT2D eigenvalue weighted by molar-refractivity contribution is 6.99. The van der Waals surface area contributed by atoms with Crippen molar-refractivity contribution >= 4 is 18.7 Å². The van der Waals surface area contributed by atoms with Gasteiger partial charge in [-0.3, -0.25) is 0 Å². The zero-order chi connectivity index (χ0) is 23.0. The lowest BCUT2D eigenvalue weighted by Gasteiger charge is -2.43. The lowest BCUT2D eigenvalue weighted by Crippen LogP contribution is -2.67. The van der Waals surface area contributed by atoms with Crippen molar-refractivity contribution in [3.05, 3.63) is 96.6 Å². The summed E-state index contributed by atoms with van der Waals surface area (Å²) in [5.74, 6) is 0. The van der Waals surface area contributed by atoms with Crippen molar-refractivity contribution in [3.63, 3.8) is 0 Å². The van der Waals surface area contributed by atoms with Crippen LogP contribution in [0, 0.1) is 0 Å². The molecule has 0 aliphatic carbocycles. The highest BCUT2D eigenvalue weighted by Crippen LogP contribution is 2.36. The summed E-state index contributed by atoms with van der Waals surface area (Å²) in [7, 11) is -2.75. The molecule has 2 atom stereocenters. The predicted octanol–water partition coefficient (Wildman–Crippen LogP) is 3.50. The van der Waals surface area contributed by atoms with E-state index in [2.05, 4.69) is 45.0 Å². The van der Waals surface area contributed by atoms with Crippen LogP contribution >= 0.6 is 0 Å². The summed E-state index contributed by atoms with van der Waals surface area (Å²) < 4.78 is 12.6. The van der Waals surface area contributed by atoms with Crippen molar-refractivity contribution in [2.75, 3.05) is 13.2 Å². The molecule has 3 rings (SSSR count). The van der Waals surface area contributed by atoms with Crippen LogP contribution in [-0.2, 0) is 15.8 Å². The molecule has 0 amide bonds. The zero-order valence-electron chi connectivity index (χ0n) is 19.1. The van der Waals surface area contributed by atoms with Crippen molar-refractivity contribution in [2.45, 2.75) is 44.6 Å². The molecule has 0 fully saturated rings. The number of aliphatic hydroxyl groups is 2. The minimum Gasteiger partial charge on any atom is -0.405 e. The van der Waals surface area contributed by atoms with Gasteiger partial charge < -0.3 is 19.4 Å². The Kier molecular flexibility index (Phi) is 8.40. The van der Waals surface area contributed by atoms with Gasteiger partial charge in [-0.2, -0.15) is 0 Å². The van der Waals surface area contributed by atoms with Crippen LogP contribution in [0.1, 0.15) is 26.3 Å². The number of hydrogen-bond acceptors (Lipinski definition) is 4. The first kappa shape index (κ1) is 24.4. The summed E-state index contributed by atoms with van der Waals surface area (Å²) in [5.41, 5.74) is 0.992. The zero-order valence-corrected chi connectivity index (χ0v) is 20.1. The molecular weight excluding hydrogens is 416 g/mol. The number of hydrogen-bond donors (Lipinski definition) is 2. The van der Waals surface area contributed by atoms with Crippen molar-refractivity contribution < 1.29 is 19.4 Å². The van der Waals surface area contributed by atoms with Crippen LogP contribution in [0.25, 0.3) is 0 Å². The van der Waals surface area contributed by atoms with Crippen LogP contribution in [0.5, 0.6) is 0 Å². The third-order valence-electron chi connectivity index (χ3n) is 5.80. The van der Waals surface area contributed by atoms with Crippen molar-refractivity contribution in [1.29, 1.82) is 0 Å². The van der Waals surface area contributed by atoms with Crippen molar-refractivity contribution in [3.8, 4) is 0 Å². The topological polar surface area (TPSA) is 58.9 Å². The number of benzene rings is 3. The molecule has 3 aromatic rings. The number of ether oxygens (including phenoxy) is 1. The van der Waals surface area contributed by atoms with Crippen molar-refractivity contribution in [2.24, 2.45) is 0 Å². The summed E-state index contributed by atoms with van der Waals surface area (Å²) in [6.07, 6.45) is -1.68. The maximum absolute atomic E-state index is 10.9. The molecule has 0 radical (unpaired) electrons. The summed E-state index contributed by atoms with van der Waals surface area (Å²) >= 11 is 0. The van der Waals surface area contributed by atoms with Crippen LogP contribution in [0.15, 0.2) is 91.0 Å². The smallest absolute Gasteiger partial charge is 0.261 e. The standard InChI is InChI=1S/C27H34O4Si/c1-27(2,3)32(23-15-9-5-10-16-23,24-17-11-6-12-18-24)31-21-25(29)26(19-28)30-20-22-13-7-4-8-14-22/h4-18,25-26,28-29H,19-21H2,1-3H3/t25-,26+/m0/s1. The first-order valence-corrected chi connectivity index (χ1v) is 13.0. The Morgan fingerprint density at radius 3 is 1.69 bits per heavy atom. The van der Waals surface area contributed by atoms with Gasteiger partial charge in [0.2, 0.25) is 0 Å². The molecule has 0 aliphatic heterocycles. The highest BCUT2D eigenvalue weighted by atomic mass is 28.4. The molecule has 32 heavy (non-hydrogen) atoms. The van der Waals surface area contributed by atoms with Crippen LogP contribution in [0.3, 0.4) is 0 Å². The summed E-state index contributed by atoms with van der Waals surface area (Å²) in [4.78, 5) is 0. The Hall–Kier alpha value is -2.28. The second-order valence-electron chi connectivity index (χ2n) is 9.06. The van der Waals surface area contributed by atoms with E-state index in [1.54, 1.807) is 0 Å². The first-order chi connectivity index (χ1) is 15.4. The SMILES string of the molecule is CC(C)(C)[Si](OC[C@H](O)[C@@H](CO)OCc1ccccc1)(c1ccccc1)c1ccccc1. The van der Waals surface area contributed by atoms with Gasteiger partial charge >= 0.3 is 0 Å². The fourth-order valence-corrected chi connectivity index (χ4v) is 8.72. The molecule has 0 unspecified atom stereocenters. The van der Waals surface area contributed by atoms with E-state index in [0.717, 1.165) is 15.9 Å². The largest absolute Gasteiger partial charge is 0.405 e. The molecular formula is C27H34O4Si. The van der Waals surface area contributed by atoms with Crippen LogP contribution in [0.4, 0.5) is 0 Å². The second kappa shape index (κ2) is 11.0. The molecule has 0 bridgehead atoms. The van der Waals surface area contributed by atoms with Gasteiger partial charge in [0.1, 0.15) is 12.2 Å². The van der Waals surface area contributed by atoms with Crippen molar-refractivity contribution in [1.82, 2.24) is 0 Å². The molecule has 0 spiro atoms. The van der Waals surface area contributed by atoms with E-state index >= 15 is 0 Å². The first-order valence-electron chi connectivity index (χ1n) is 11.1. The Morgan fingerprint density at radius 2 is 1.25 bits per heavy atom. The fraction of sp³-hybridized carbons (Fsp3) is 0.333. The van der Waals surface area contributed by atoms with Gasteiger partial charge in [-0.1, -0.05) is 112 Å². The normalized spacial score (nSPS) is 14.2.